The number of benzene rings is 2. The van der Waals surface area contributed by atoms with Gasteiger partial charge in [0.25, 0.3) is 5.91 Å². The van der Waals surface area contributed by atoms with Crippen molar-refractivity contribution in [3.8, 4) is 0 Å². The monoisotopic (exact) mass is 541 g/mol. The molecule has 1 amide bonds. The summed E-state index contributed by atoms with van der Waals surface area (Å²) in [5.41, 5.74) is 3.62. The van der Waals surface area contributed by atoms with Crippen LogP contribution in [-0.2, 0) is 14.8 Å². The van der Waals surface area contributed by atoms with E-state index in [1.165, 1.54) is 11.3 Å². The number of hydrogen-bond donors (Lipinski definition) is 0. The Kier molecular flexibility index (Phi) is 7.42. The summed E-state index contributed by atoms with van der Waals surface area (Å²) >= 11 is 1.50. The number of sulfonamides is 1. The van der Waals surface area contributed by atoms with Gasteiger partial charge in [-0.05, 0) is 86.4 Å². The topological polar surface area (TPSA) is 79.8 Å². The molecule has 2 aliphatic rings. The lowest BCUT2D eigenvalue weighted by Gasteiger charge is -2.34. The fourth-order valence-electron chi connectivity index (χ4n) is 5.45. The minimum absolute atomic E-state index is 0.0403. The van der Waals surface area contributed by atoms with Crippen LogP contribution in [0.2, 0.25) is 0 Å². The van der Waals surface area contributed by atoms with Gasteiger partial charge >= 0.3 is 0 Å². The molecule has 2 aliphatic heterocycles. The van der Waals surface area contributed by atoms with Crippen LogP contribution in [0.3, 0.4) is 0 Å². The molecule has 2 aromatic carbocycles. The van der Waals surface area contributed by atoms with Crippen molar-refractivity contribution in [2.24, 2.45) is 11.8 Å². The Labute approximate surface area is 223 Å². The first-order chi connectivity index (χ1) is 17.6. The van der Waals surface area contributed by atoms with Gasteiger partial charge in [-0.2, -0.15) is 4.31 Å². The SMILES string of the molecule is Cc1ccc2sc(N(CC3CCCO3)C(=O)c3ccc(S(=O)(=O)N4CC(C)CC(C)C4)cc3)nc2c1C. The molecule has 3 atom stereocenters. The van der Waals surface area contributed by atoms with Crippen molar-refractivity contribution in [3.63, 3.8) is 0 Å². The van der Waals surface area contributed by atoms with Crippen LogP contribution in [0.15, 0.2) is 41.3 Å². The number of anilines is 1. The van der Waals surface area contributed by atoms with E-state index >= 15 is 0 Å². The number of aromatic nitrogens is 1. The molecule has 2 fully saturated rings. The van der Waals surface area contributed by atoms with Gasteiger partial charge in [-0.25, -0.2) is 13.4 Å². The van der Waals surface area contributed by atoms with Gasteiger partial charge in [0.15, 0.2) is 5.13 Å². The minimum Gasteiger partial charge on any atom is -0.376 e. The predicted octanol–water partition coefficient (Wildman–Crippen LogP) is 5.41. The number of nitrogens with zero attached hydrogens (tertiary/aromatic N) is 3. The fraction of sp³-hybridized carbons (Fsp3) is 0.500. The van der Waals surface area contributed by atoms with Gasteiger partial charge in [0.2, 0.25) is 10.0 Å². The largest absolute Gasteiger partial charge is 0.376 e. The second-order valence-corrected chi connectivity index (χ2v) is 13.6. The van der Waals surface area contributed by atoms with Crippen molar-refractivity contribution in [3.05, 3.63) is 53.1 Å². The summed E-state index contributed by atoms with van der Waals surface area (Å²) in [6, 6.07) is 10.5. The summed E-state index contributed by atoms with van der Waals surface area (Å²) in [6.07, 6.45) is 2.87. The van der Waals surface area contributed by atoms with E-state index in [1.54, 1.807) is 33.5 Å². The quantitative estimate of drug-likeness (QED) is 0.417. The number of thiazole rings is 1. The van der Waals surface area contributed by atoms with E-state index < -0.39 is 10.0 Å². The highest BCUT2D eigenvalue weighted by Crippen LogP contribution is 2.34. The zero-order chi connectivity index (χ0) is 26.3. The van der Waals surface area contributed by atoms with Crippen LogP contribution in [0.25, 0.3) is 10.2 Å². The van der Waals surface area contributed by atoms with Crippen LogP contribution < -0.4 is 4.90 Å². The third-order valence-corrected chi connectivity index (χ3v) is 10.4. The van der Waals surface area contributed by atoms with Crippen LogP contribution in [0.4, 0.5) is 5.13 Å². The molecule has 0 N–H and O–H groups in total. The van der Waals surface area contributed by atoms with E-state index in [0.29, 0.717) is 48.8 Å². The Morgan fingerprint density at radius 2 is 1.81 bits per heavy atom. The number of hydrogen-bond acceptors (Lipinski definition) is 6. The first kappa shape index (κ1) is 26.3. The molecule has 0 radical (unpaired) electrons. The lowest BCUT2D eigenvalue weighted by Crippen LogP contribution is -2.42. The second-order valence-electron chi connectivity index (χ2n) is 10.7. The van der Waals surface area contributed by atoms with Crippen LogP contribution in [0, 0.1) is 25.7 Å². The molecular formula is C28H35N3O4S2. The summed E-state index contributed by atoms with van der Waals surface area (Å²) in [7, 11) is -3.61. The van der Waals surface area contributed by atoms with E-state index in [0.717, 1.165) is 40.6 Å². The Morgan fingerprint density at radius 1 is 1.11 bits per heavy atom. The molecule has 7 nitrogen and oxygen atoms in total. The molecule has 1 aromatic heterocycles. The lowest BCUT2D eigenvalue weighted by molar-refractivity contribution is 0.0917. The second kappa shape index (κ2) is 10.4. The van der Waals surface area contributed by atoms with Crippen molar-refractivity contribution < 1.29 is 17.9 Å². The Bertz CT molecular complexity index is 1380. The minimum atomic E-state index is -3.61. The third kappa shape index (κ3) is 5.32. The van der Waals surface area contributed by atoms with E-state index in [-0.39, 0.29) is 16.9 Å². The summed E-state index contributed by atoms with van der Waals surface area (Å²) in [5.74, 6) is 0.451. The van der Waals surface area contributed by atoms with Crippen molar-refractivity contribution in [1.82, 2.24) is 9.29 Å². The highest BCUT2D eigenvalue weighted by atomic mass is 32.2. The molecule has 9 heteroatoms. The molecule has 0 saturated carbocycles. The Balaban J connectivity index is 1.44. The van der Waals surface area contributed by atoms with Gasteiger partial charge in [-0.1, -0.05) is 31.3 Å². The standard InChI is InChI=1S/C28H35N3O4S2/c1-18-14-19(2)16-30(15-18)37(33,34)24-10-8-22(9-11-24)27(32)31(17-23-6-5-13-35-23)28-29-26-21(4)20(3)7-12-25(26)36-28/h7-12,18-19,23H,5-6,13-17H2,1-4H3. The highest BCUT2D eigenvalue weighted by molar-refractivity contribution is 7.89. The number of rotatable bonds is 6. The van der Waals surface area contributed by atoms with Gasteiger partial charge in [-0.15, -0.1) is 0 Å². The highest BCUT2D eigenvalue weighted by Gasteiger charge is 2.32. The number of carbonyl (C=O) groups excluding carboxylic acids is 1. The summed E-state index contributed by atoms with van der Waals surface area (Å²) in [5, 5.41) is 0.636. The first-order valence-corrected chi connectivity index (χ1v) is 15.3. The zero-order valence-electron chi connectivity index (χ0n) is 21.9. The Morgan fingerprint density at radius 3 is 2.46 bits per heavy atom. The van der Waals surface area contributed by atoms with Crippen molar-refractivity contribution in [2.45, 2.75) is 58.0 Å². The summed E-state index contributed by atoms with van der Waals surface area (Å²) < 4.78 is 35.1. The molecule has 5 rings (SSSR count). The molecule has 0 spiro atoms. The summed E-state index contributed by atoms with van der Waals surface area (Å²) in [6.45, 7) is 10.5. The molecule has 37 heavy (non-hydrogen) atoms. The number of fused-ring (bicyclic) bond motifs is 1. The molecule has 2 saturated heterocycles. The van der Waals surface area contributed by atoms with Crippen LogP contribution in [-0.4, -0.2) is 56.0 Å². The van der Waals surface area contributed by atoms with Crippen molar-refractivity contribution >= 4 is 42.6 Å². The molecule has 3 heterocycles. The van der Waals surface area contributed by atoms with E-state index in [4.69, 9.17) is 9.72 Å². The summed E-state index contributed by atoms with van der Waals surface area (Å²) in [4.78, 5) is 20.6. The normalized spacial score (nSPS) is 23.0. The van der Waals surface area contributed by atoms with Crippen LogP contribution in [0.1, 0.15) is 54.6 Å². The van der Waals surface area contributed by atoms with Gasteiger partial charge in [-0.3, -0.25) is 9.69 Å². The molecule has 0 bridgehead atoms. The number of carbonyl (C=O) groups is 1. The maximum absolute atomic E-state index is 13.8. The lowest BCUT2D eigenvalue weighted by atomic mass is 9.94. The van der Waals surface area contributed by atoms with E-state index in [2.05, 4.69) is 39.8 Å². The molecular weight excluding hydrogens is 506 g/mol. The van der Waals surface area contributed by atoms with E-state index in [9.17, 15) is 13.2 Å². The van der Waals surface area contributed by atoms with Crippen LogP contribution >= 0.6 is 11.3 Å². The van der Waals surface area contributed by atoms with Gasteiger partial charge < -0.3 is 4.74 Å². The smallest absolute Gasteiger partial charge is 0.260 e. The first-order valence-electron chi connectivity index (χ1n) is 13.0. The number of piperidine rings is 1. The molecule has 198 valence electrons. The zero-order valence-corrected chi connectivity index (χ0v) is 23.6. The van der Waals surface area contributed by atoms with Crippen LogP contribution in [0.5, 0.6) is 0 Å². The van der Waals surface area contributed by atoms with Gasteiger partial charge in [0.05, 0.1) is 27.8 Å². The van der Waals surface area contributed by atoms with E-state index in [1.807, 2.05) is 0 Å². The fourth-order valence-corrected chi connectivity index (χ4v) is 8.16. The average Bonchev–Trinajstić information content (AvgIpc) is 3.54. The van der Waals surface area contributed by atoms with Crippen molar-refractivity contribution in [1.29, 1.82) is 0 Å². The number of amides is 1. The average molecular weight is 542 g/mol. The maximum Gasteiger partial charge on any atom is 0.260 e. The van der Waals surface area contributed by atoms with Crippen molar-refractivity contribution in [2.75, 3.05) is 31.1 Å². The third-order valence-electron chi connectivity index (χ3n) is 7.53. The maximum atomic E-state index is 13.8. The molecule has 0 aliphatic carbocycles. The Hall–Kier alpha value is -2.33. The van der Waals surface area contributed by atoms with Gasteiger partial charge in [0.1, 0.15) is 0 Å². The molecule has 3 aromatic rings. The predicted molar refractivity (Wildman–Crippen MR) is 148 cm³/mol. The number of ether oxygens (including phenoxy) is 1. The molecule has 3 unspecified atom stereocenters. The van der Waals surface area contributed by atoms with Gasteiger partial charge in [0, 0.05) is 25.3 Å². The number of aryl methyl sites for hydroxylation is 2.